The highest BCUT2D eigenvalue weighted by atomic mass is 16.6. The molecule has 0 aromatic heterocycles. The van der Waals surface area contributed by atoms with E-state index in [1.165, 1.54) is 6.07 Å². The molecule has 0 saturated carbocycles. The molecule has 1 N–H and O–H groups in total. The number of phenolic OH excluding ortho intramolecular Hbond substituents is 1. The van der Waals surface area contributed by atoms with Crippen LogP contribution in [0.4, 0.5) is 0 Å². The van der Waals surface area contributed by atoms with E-state index in [1.807, 2.05) is 6.92 Å². The van der Waals surface area contributed by atoms with Gasteiger partial charge in [-0.25, -0.2) is 4.79 Å². The van der Waals surface area contributed by atoms with Gasteiger partial charge in [-0.2, -0.15) is 0 Å². The van der Waals surface area contributed by atoms with Gasteiger partial charge in [0.1, 0.15) is 11.5 Å². The molecule has 17 heavy (non-hydrogen) atoms. The van der Waals surface area contributed by atoms with Crippen LogP contribution in [0.5, 0.6) is 11.5 Å². The van der Waals surface area contributed by atoms with Crippen molar-refractivity contribution in [2.45, 2.75) is 32.8 Å². The van der Waals surface area contributed by atoms with E-state index in [1.54, 1.807) is 32.0 Å². The predicted molar refractivity (Wildman–Crippen MR) is 64.1 cm³/mol. The van der Waals surface area contributed by atoms with Gasteiger partial charge >= 0.3 is 5.97 Å². The van der Waals surface area contributed by atoms with Gasteiger partial charge in [0.05, 0.1) is 6.61 Å². The average Bonchev–Trinajstić information content (AvgIpc) is 2.29. The Hall–Kier alpha value is -1.71. The summed E-state index contributed by atoms with van der Waals surface area (Å²) in [6.45, 7) is 5.59. The molecule has 4 nitrogen and oxygen atoms in total. The van der Waals surface area contributed by atoms with Crippen molar-refractivity contribution >= 4 is 5.97 Å². The van der Waals surface area contributed by atoms with E-state index in [0.717, 1.165) is 0 Å². The van der Waals surface area contributed by atoms with E-state index in [2.05, 4.69) is 0 Å². The van der Waals surface area contributed by atoms with Gasteiger partial charge in [0.25, 0.3) is 0 Å². The van der Waals surface area contributed by atoms with Gasteiger partial charge in [-0.05, 0) is 32.4 Å². The molecule has 0 spiro atoms. The molecule has 1 rings (SSSR count). The molecule has 0 fully saturated rings. The van der Waals surface area contributed by atoms with Gasteiger partial charge in [0.2, 0.25) is 5.60 Å². The van der Waals surface area contributed by atoms with Crippen molar-refractivity contribution in [1.82, 2.24) is 0 Å². The van der Waals surface area contributed by atoms with Crippen LogP contribution in [0.25, 0.3) is 0 Å². The van der Waals surface area contributed by atoms with Crippen LogP contribution in [-0.2, 0) is 9.53 Å². The summed E-state index contributed by atoms with van der Waals surface area (Å²) in [5.41, 5.74) is -1.02. The summed E-state index contributed by atoms with van der Waals surface area (Å²) < 4.78 is 10.6. The lowest BCUT2D eigenvalue weighted by atomic mass is 10.0. The first-order valence-corrected chi connectivity index (χ1v) is 5.67. The van der Waals surface area contributed by atoms with Gasteiger partial charge < -0.3 is 14.6 Å². The number of carbonyl (C=O) groups is 1. The van der Waals surface area contributed by atoms with Gasteiger partial charge in [-0.1, -0.05) is 13.0 Å². The highest BCUT2D eigenvalue weighted by Gasteiger charge is 2.35. The fraction of sp³-hybridized carbons (Fsp3) is 0.462. The predicted octanol–water partition coefficient (Wildman–Crippen LogP) is 2.50. The van der Waals surface area contributed by atoms with Crippen molar-refractivity contribution in [3.8, 4) is 11.5 Å². The molecule has 94 valence electrons. The normalized spacial score (nSPS) is 13.8. The molecule has 1 unspecified atom stereocenters. The number of benzene rings is 1. The van der Waals surface area contributed by atoms with Crippen molar-refractivity contribution in [2.75, 3.05) is 6.61 Å². The molecule has 1 aromatic carbocycles. The molecule has 0 saturated heterocycles. The van der Waals surface area contributed by atoms with Crippen molar-refractivity contribution in [2.24, 2.45) is 0 Å². The maximum Gasteiger partial charge on any atom is 0.350 e. The van der Waals surface area contributed by atoms with Crippen molar-refractivity contribution < 1.29 is 19.4 Å². The zero-order valence-electron chi connectivity index (χ0n) is 10.4. The lowest BCUT2D eigenvalue weighted by molar-refractivity contribution is -0.160. The maximum absolute atomic E-state index is 11.8. The van der Waals surface area contributed by atoms with E-state index in [0.29, 0.717) is 18.8 Å². The first-order valence-electron chi connectivity index (χ1n) is 5.67. The Balaban J connectivity index is 2.85. The highest BCUT2D eigenvalue weighted by Crippen LogP contribution is 2.25. The van der Waals surface area contributed by atoms with E-state index < -0.39 is 11.6 Å². The Bertz CT molecular complexity index is 389. The fourth-order valence-electron chi connectivity index (χ4n) is 1.35. The summed E-state index contributed by atoms with van der Waals surface area (Å²) in [7, 11) is 0. The number of hydrogen-bond donors (Lipinski definition) is 1. The van der Waals surface area contributed by atoms with Crippen molar-refractivity contribution in [3.63, 3.8) is 0 Å². The minimum Gasteiger partial charge on any atom is -0.508 e. The quantitative estimate of drug-likeness (QED) is 0.801. The van der Waals surface area contributed by atoms with Crippen molar-refractivity contribution in [3.05, 3.63) is 24.3 Å². The maximum atomic E-state index is 11.8. The lowest BCUT2D eigenvalue weighted by Gasteiger charge is -2.27. The topological polar surface area (TPSA) is 55.8 Å². The smallest absolute Gasteiger partial charge is 0.350 e. The summed E-state index contributed by atoms with van der Waals surface area (Å²) in [4.78, 5) is 11.8. The minimum atomic E-state index is -1.02. The molecular weight excluding hydrogens is 220 g/mol. The molecule has 0 aliphatic carbocycles. The number of phenols is 1. The Morgan fingerprint density at radius 3 is 2.65 bits per heavy atom. The number of esters is 1. The Labute approximate surface area is 101 Å². The second-order valence-corrected chi connectivity index (χ2v) is 3.90. The number of ether oxygens (including phenoxy) is 2. The van der Waals surface area contributed by atoms with Crippen LogP contribution in [0.15, 0.2) is 24.3 Å². The highest BCUT2D eigenvalue weighted by molar-refractivity contribution is 5.79. The van der Waals surface area contributed by atoms with Crippen LogP contribution in [-0.4, -0.2) is 23.3 Å². The molecule has 0 bridgehead atoms. The third kappa shape index (κ3) is 3.37. The molecule has 0 aliphatic heterocycles. The Morgan fingerprint density at radius 1 is 1.41 bits per heavy atom. The van der Waals surface area contributed by atoms with Crippen LogP contribution in [0.2, 0.25) is 0 Å². The van der Waals surface area contributed by atoms with E-state index in [-0.39, 0.29) is 5.75 Å². The van der Waals surface area contributed by atoms with E-state index in [9.17, 15) is 9.90 Å². The third-order valence-corrected chi connectivity index (χ3v) is 2.54. The number of hydrogen-bond acceptors (Lipinski definition) is 4. The summed E-state index contributed by atoms with van der Waals surface area (Å²) in [6, 6.07) is 6.35. The van der Waals surface area contributed by atoms with Crippen molar-refractivity contribution in [1.29, 1.82) is 0 Å². The fourth-order valence-corrected chi connectivity index (χ4v) is 1.35. The Morgan fingerprint density at radius 2 is 2.12 bits per heavy atom. The monoisotopic (exact) mass is 238 g/mol. The molecule has 0 amide bonds. The van der Waals surface area contributed by atoms with Crippen LogP contribution in [0.1, 0.15) is 27.2 Å². The third-order valence-electron chi connectivity index (χ3n) is 2.54. The first-order chi connectivity index (χ1) is 8.01. The second kappa shape index (κ2) is 5.57. The average molecular weight is 238 g/mol. The number of aromatic hydroxyl groups is 1. The molecule has 1 atom stereocenters. The van der Waals surface area contributed by atoms with Gasteiger partial charge in [-0.3, -0.25) is 0 Å². The van der Waals surface area contributed by atoms with Gasteiger partial charge in [-0.15, -0.1) is 0 Å². The van der Waals surface area contributed by atoms with Crippen LogP contribution < -0.4 is 4.74 Å². The van der Waals surface area contributed by atoms with Crippen LogP contribution >= 0.6 is 0 Å². The van der Waals surface area contributed by atoms with Crippen LogP contribution in [0, 0.1) is 0 Å². The zero-order chi connectivity index (χ0) is 12.9. The largest absolute Gasteiger partial charge is 0.508 e. The van der Waals surface area contributed by atoms with Crippen LogP contribution in [0.3, 0.4) is 0 Å². The number of rotatable bonds is 5. The Kier molecular flexibility index (Phi) is 4.37. The summed E-state index contributed by atoms with van der Waals surface area (Å²) in [5, 5.41) is 9.33. The molecule has 0 aliphatic rings. The molecule has 1 aromatic rings. The van der Waals surface area contributed by atoms with E-state index >= 15 is 0 Å². The SMILES string of the molecule is CCOC(=O)C(C)(CC)Oc1cccc(O)c1. The minimum absolute atomic E-state index is 0.102. The number of carbonyl (C=O) groups excluding carboxylic acids is 1. The van der Waals surface area contributed by atoms with Gasteiger partial charge in [0, 0.05) is 6.07 Å². The molecular formula is C13H18O4. The summed E-state index contributed by atoms with van der Waals surface area (Å²) >= 11 is 0. The molecule has 4 heteroatoms. The zero-order valence-corrected chi connectivity index (χ0v) is 10.4. The second-order valence-electron chi connectivity index (χ2n) is 3.90. The molecule has 0 radical (unpaired) electrons. The lowest BCUT2D eigenvalue weighted by Crippen LogP contribution is -2.42. The van der Waals surface area contributed by atoms with E-state index in [4.69, 9.17) is 9.47 Å². The first kappa shape index (κ1) is 13.4. The molecule has 0 heterocycles. The van der Waals surface area contributed by atoms with Gasteiger partial charge in [0.15, 0.2) is 0 Å². The summed E-state index contributed by atoms with van der Waals surface area (Å²) in [5.74, 6) is 0.151. The summed E-state index contributed by atoms with van der Waals surface area (Å²) in [6.07, 6.45) is 0.488. The standard InChI is InChI=1S/C13H18O4/c1-4-13(3,12(15)16-5-2)17-11-8-6-7-10(14)9-11/h6-9,14H,4-5H2,1-3H3.